The molecule has 2 N–H and O–H groups in total. The third-order valence-electron chi connectivity index (χ3n) is 6.20. The van der Waals surface area contributed by atoms with E-state index in [-0.39, 0.29) is 11.8 Å². The number of unbranched alkanes of at least 4 members (excludes halogenated alkanes) is 13. The van der Waals surface area contributed by atoms with E-state index in [9.17, 15) is 10.2 Å². The van der Waals surface area contributed by atoms with Gasteiger partial charge in [0, 0.05) is 25.1 Å². The molecule has 29 heavy (non-hydrogen) atoms. The molecule has 0 amide bonds. The molecule has 0 aliphatic rings. The van der Waals surface area contributed by atoms with Crippen LogP contribution in [0.4, 0.5) is 0 Å². The van der Waals surface area contributed by atoms with Crippen LogP contribution < -0.4 is 0 Å². The Balaban J connectivity index is 1.90. The van der Waals surface area contributed by atoms with E-state index in [4.69, 9.17) is 0 Å². The average molecular weight is 410 g/mol. The molecule has 0 saturated carbocycles. The number of nitrogens with zero attached hydrogens (tertiary/aromatic N) is 2. The van der Waals surface area contributed by atoms with Crippen molar-refractivity contribution in [1.82, 2.24) is 4.57 Å². The van der Waals surface area contributed by atoms with E-state index in [2.05, 4.69) is 21.0 Å². The molecule has 0 aromatic carbocycles. The molecule has 1 aromatic heterocycles. The van der Waals surface area contributed by atoms with Gasteiger partial charge in [0.05, 0.1) is 27.2 Å². The lowest BCUT2D eigenvalue weighted by Crippen LogP contribution is -2.41. The van der Waals surface area contributed by atoms with Gasteiger partial charge in [-0.3, -0.25) is 4.57 Å². The maximum absolute atomic E-state index is 9.70. The van der Waals surface area contributed by atoms with E-state index in [1.807, 2.05) is 0 Å². The Labute approximate surface area is 180 Å². The van der Waals surface area contributed by atoms with Crippen LogP contribution in [0.3, 0.4) is 0 Å². The van der Waals surface area contributed by atoms with Crippen LogP contribution in [-0.2, 0) is 6.54 Å². The lowest BCUT2D eigenvalue weighted by Gasteiger charge is -2.30. The van der Waals surface area contributed by atoms with Crippen molar-refractivity contribution < 1.29 is 14.7 Å². The molecule has 1 heterocycles. The van der Waals surface area contributed by atoms with Crippen LogP contribution in [-0.4, -0.2) is 46.4 Å². The largest absolute Gasteiger partial charge is 0.494 e. The minimum Gasteiger partial charge on any atom is -0.494 e. The van der Waals surface area contributed by atoms with Crippen LogP contribution in [0.15, 0.2) is 12.1 Å². The SMILES string of the molecule is CCCCCCCCCCCCCCCC[N+](C)(C)CCCn1c(O)ccc1O. The first kappa shape index (κ1) is 25.9. The fraction of sp³-hybridized carbons (Fsp3) is 0.840. The predicted octanol–water partition coefficient (Wildman–Crippen LogP) is 6.85. The van der Waals surface area contributed by atoms with E-state index >= 15 is 0 Å². The quantitative estimate of drug-likeness (QED) is 0.194. The Bertz CT molecular complexity index is 491. The number of aromatic nitrogens is 1. The van der Waals surface area contributed by atoms with Gasteiger partial charge in [0.2, 0.25) is 0 Å². The second kappa shape index (κ2) is 15.6. The van der Waals surface area contributed by atoms with E-state index in [1.54, 1.807) is 16.7 Å². The molecule has 0 aliphatic heterocycles. The standard InChI is InChI=1S/C25H48N2O2/c1-4-5-6-7-8-9-10-11-12-13-14-15-16-17-22-27(2,3)23-18-21-26-24(28)19-20-25(26)29/h19-20H,4-18,21-23H2,1-3H3,(H-,28,29)/p+1. The molecule has 0 saturated heterocycles. The lowest BCUT2D eigenvalue weighted by atomic mass is 10.0. The minimum atomic E-state index is 0.153. The summed E-state index contributed by atoms with van der Waals surface area (Å²) in [6.07, 6.45) is 20.6. The van der Waals surface area contributed by atoms with Gasteiger partial charge in [-0.15, -0.1) is 0 Å². The van der Waals surface area contributed by atoms with Crippen molar-refractivity contribution in [2.45, 2.75) is 110 Å². The molecule has 0 atom stereocenters. The summed E-state index contributed by atoms with van der Waals surface area (Å²) in [5, 5.41) is 19.4. The minimum absolute atomic E-state index is 0.153. The van der Waals surface area contributed by atoms with Crippen molar-refractivity contribution in [3.05, 3.63) is 12.1 Å². The number of quaternary nitrogens is 1. The number of hydrogen-bond acceptors (Lipinski definition) is 2. The normalized spacial score (nSPS) is 12.0. The fourth-order valence-corrected chi connectivity index (χ4v) is 4.18. The van der Waals surface area contributed by atoms with Gasteiger partial charge in [0.1, 0.15) is 0 Å². The van der Waals surface area contributed by atoms with E-state index in [0.717, 1.165) is 17.4 Å². The maximum Gasteiger partial charge on any atom is 0.193 e. The summed E-state index contributed by atoms with van der Waals surface area (Å²) in [5.41, 5.74) is 0. The Hall–Kier alpha value is -1.16. The van der Waals surface area contributed by atoms with Crippen molar-refractivity contribution in [2.24, 2.45) is 0 Å². The van der Waals surface area contributed by atoms with Gasteiger partial charge in [0.25, 0.3) is 0 Å². The molecule has 1 aromatic rings. The second-order valence-electron chi connectivity index (χ2n) is 9.53. The van der Waals surface area contributed by atoms with Gasteiger partial charge in [-0.05, 0) is 12.8 Å². The molecule has 1 rings (SSSR count). The van der Waals surface area contributed by atoms with Crippen molar-refractivity contribution in [3.63, 3.8) is 0 Å². The third kappa shape index (κ3) is 12.9. The van der Waals surface area contributed by atoms with E-state index in [1.165, 1.54) is 96.4 Å². The Morgan fingerprint density at radius 2 is 1.00 bits per heavy atom. The molecular weight excluding hydrogens is 360 g/mol. The van der Waals surface area contributed by atoms with E-state index < -0.39 is 0 Å². The Morgan fingerprint density at radius 1 is 0.621 bits per heavy atom. The Morgan fingerprint density at radius 3 is 1.45 bits per heavy atom. The predicted molar refractivity (Wildman–Crippen MR) is 125 cm³/mol. The summed E-state index contributed by atoms with van der Waals surface area (Å²) in [6, 6.07) is 3.09. The monoisotopic (exact) mass is 409 g/mol. The van der Waals surface area contributed by atoms with Gasteiger partial charge in [-0.2, -0.15) is 0 Å². The summed E-state index contributed by atoms with van der Waals surface area (Å²) >= 11 is 0. The van der Waals surface area contributed by atoms with Crippen LogP contribution in [0.1, 0.15) is 103 Å². The van der Waals surface area contributed by atoms with E-state index in [0.29, 0.717) is 6.54 Å². The summed E-state index contributed by atoms with van der Waals surface area (Å²) < 4.78 is 2.59. The van der Waals surface area contributed by atoms with Crippen LogP contribution in [0, 0.1) is 0 Å². The molecule has 4 nitrogen and oxygen atoms in total. The first-order chi connectivity index (χ1) is 14.0. The summed E-state index contributed by atoms with van der Waals surface area (Å²) in [7, 11) is 4.58. The molecule has 0 radical (unpaired) electrons. The third-order valence-corrected chi connectivity index (χ3v) is 6.20. The first-order valence-electron chi connectivity index (χ1n) is 12.4. The van der Waals surface area contributed by atoms with Gasteiger partial charge in [-0.1, -0.05) is 84.0 Å². The van der Waals surface area contributed by atoms with Gasteiger partial charge in [-0.25, -0.2) is 0 Å². The zero-order valence-corrected chi connectivity index (χ0v) is 19.7. The molecule has 0 bridgehead atoms. The highest BCUT2D eigenvalue weighted by molar-refractivity contribution is 5.23. The molecule has 0 fully saturated rings. The smallest absolute Gasteiger partial charge is 0.193 e. The number of aromatic hydroxyl groups is 2. The lowest BCUT2D eigenvalue weighted by molar-refractivity contribution is -0.890. The zero-order valence-electron chi connectivity index (χ0n) is 19.7. The Kier molecular flexibility index (Phi) is 14.0. The van der Waals surface area contributed by atoms with Crippen LogP contribution in [0.2, 0.25) is 0 Å². The highest BCUT2D eigenvalue weighted by atomic mass is 16.3. The van der Waals surface area contributed by atoms with Gasteiger partial charge < -0.3 is 14.7 Å². The van der Waals surface area contributed by atoms with Gasteiger partial charge in [0.15, 0.2) is 11.8 Å². The fourth-order valence-electron chi connectivity index (χ4n) is 4.18. The zero-order chi connectivity index (χ0) is 21.4. The molecule has 0 unspecified atom stereocenters. The van der Waals surface area contributed by atoms with Crippen molar-refractivity contribution >= 4 is 0 Å². The highest BCUT2D eigenvalue weighted by Gasteiger charge is 2.15. The molecule has 170 valence electrons. The molecule has 0 spiro atoms. The number of hydrogen-bond donors (Lipinski definition) is 2. The highest BCUT2D eigenvalue weighted by Crippen LogP contribution is 2.21. The summed E-state index contributed by atoms with van der Waals surface area (Å²) in [6.45, 7) is 5.23. The number of rotatable bonds is 19. The van der Waals surface area contributed by atoms with Crippen LogP contribution in [0.5, 0.6) is 11.8 Å². The van der Waals surface area contributed by atoms with Crippen LogP contribution in [0.25, 0.3) is 0 Å². The molecular formula is C25H49N2O2+. The molecule has 4 heteroatoms. The summed E-state index contributed by atoms with van der Waals surface area (Å²) in [5.74, 6) is 0.305. The van der Waals surface area contributed by atoms with Crippen molar-refractivity contribution in [3.8, 4) is 11.8 Å². The average Bonchev–Trinajstić information content (AvgIpc) is 3.00. The second-order valence-corrected chi connectivity index (χ2v) is 9.53. The van der Waals surface area contributed by atoms with Crippen molar-refractivity contribution in [1.29, 1.82) is 0 Å². The molecule has 0 aliphatic carbocycles. The maximum atomic E-state index is 9.70. The topological polar surface area (TPSA) is 45.4 Å². The van der Waals surface area contributed by atoms with Gasteiger partial charge >= 0.3 is 0 Å². The summed E-state index contributed by atoms with van der Waals surface area (Å²) in [4.78, 5) is 0. The van der Waals surface area contributed by atoms with Crippen LogP contribution >= 0.6 is 0 Å². The van der Waals surface area contributed by atoms with Crippen molar-refractivity contribution in [2.75, 3.05) is 27.2 Å². The first-order valence-corrected chi connectivity index (χ1v) is 12.4.